The van der Waals surface area contributed by atoms with E-state index in [9.17, 15) is 24.0 Å². The van der Waals surface area contributed by atoms with Crippen molar-refractivity contribution in [3.8, 4) is 0 Å². The van der Waals surface area contributed by atoms with Crippen molar-refractivity contribution in [1.82, 2.24) is 72.7 Å². The van der Waals surface area contributed by atoms with Crippen LogP contribution < -0.4 is 26.6 Å². The zero-order chi connectivity index (χ0) is 85.9. The number of hydrogen-bond acceptors (Lipinski definition) is 20. The molecular formula is C90H128N20O10. The first-order chi connectivity index (χ1) is 57.1. The minimum absolute atomic E-state index is 0.00287. The molecule has 1 unspecified atom stereocenters. The number of amides is 5. The van der Waals surface area contributed by atoms with Crippen LogP contribution in [0, 0.1) is 34.6 Å². The third-order valence-corrected chi connectivity index (χ3v) is 22.3. The Kier molecular flexibility index (Phi) is 29.4. The van der Waals surface area contributed by atoms with Gasteiger partial charge in [0, 0.05) is 65.3 Å². The summed E-state index contributed by atoms with van der Waals surface area (Å²) in [6.45, 7) is 37.1. The minimum Gasteiger partial charge on any atom is -0.381 e. The van der Waals surface area contributed by atoms with E-state index in [1.807, 2.05) is 171 Å². The molecule has 6 fully saturated rings. The third-order valence-electron chi connectivity index (χ3n) is 22.3. The monoisotopic (exact) mass is 1650 g/mol. The Bertz CT molecular complexity index is 5080. The molecule has 10 aromatic heterocycles. The number of fused-ring (bicyclic) bond motifs is 5. The van der Waals surface area contributed by atoms with Gasteiger partial charge in [0.15, 0.2) is 28.2 Å². The Morgan fingerprint density at radius 1 is 0.408 bits per heavy atom. The number of anilines is 5. The Balaban J connectivity index is 0.000000138. The van der Waals surface area contributed by atoms with Crippen LogP contribution in [0.25, 0.3) is 55.8 Å². The van der Waals surface area contributed by atoms with Crippen LogP contribution in [0.15, 0.2) is 60.7 Å². The maximum absolute atomic E-state index is 12.5. The summed E-state index contributed by atoms with van der Waals surface area (Å²) in [6.07, 6.45) is 20.6. The van der Waals surface area contributed by atoms with E-state index in [1.165, 1.54) is 32.1 Å². The molecule has 30 heteroatoms. The summed E-state index contributed by atoms with van der Waals surface area (Å²) in [6, 6.07) is 21.5. The number of hydrogen-bond donors (Lipinski definition) is 5. The molecule has 0 radical (unpaired) electrons. The highest BCUT2D eigenvalue weighted by atomic mass is 16.5. The minimum atomic E-state index is -0.264. The molecule has 0 bridgehead atoms. The smallest absolute Gasteiger partial charge is 0.229 e. The van der Waals surface area contributed by atoms with Gasteiger partial charge in [0.1, 0.15) is 27.6 Å². The van der Waals surface area contributed by atoms with Gasteiger partial charge in [-0.25, -0.2) is 49.8 Å². The summed E-state index contributed by atoms with van der Waals surface area (Å²) in [7, 11) is 0. The highest BCUT2D eigenvalue weighted by Gasteiger charge is 2.36. The largest absolute Gasteiger partial charge is 0.381 e. The van der Waals surface area contributed by atoms with Gasteiger partial charge in [0.2, 0.25) is 59.3 Å². The van der Waals surface area contributed by atoms with Gasteiger partial charge >= 0.3 is 0 Å². The molecule has 5 N–H and O–H groups in total. The normalized spacial score (nSPS) is 17.4. The first kappa shape index (κ1) is 89.5. The molecule has 1 aliphatic heterocycles. The number of aromatic nitrogens is 15. The molecule has 1 saturated heterocycles. The van der Waals surface area contributed by atoms with E-state index < -0.39 is 0 Å². The predicted octanol–water partition coefficient (Wildman–Crippen LogP) is 17.8. The zero-order valence-electron chi connectivity index (χ0n) is 73.9. The summed E-state index contributed by atoms with van der Waals surface area (Å²) >= 11 is 0. The highest BCUT2D eigenvalue weighted by molar-refractivity contribution is 5.95. The summed E-state index contributed by atoms with van der Waals surface area (Å²) in [5, 5.41) is 14.8. The van der Waals surface area contributed by atoms with Gasteiger partial charge in [0.05, 0.1) is 86.5 Å². The van der Waals surface area contributed by atoms with E-state index in [4.69, 9.17) is 23.7 Å². The van der Waals surface area contributed by atoms with E-state index >= 15 is 0 Å². The average Bonchev–Trinajstić information content (AvgIpc) is 1.64. The maximum atomic E-state index is 12.5. The lowest BCUT2D eigenvalue weighted by Crippen LogP contribution is -2.29. The number of aryl methyl sites for hydroxylation is 5. The Morgan fingerprint density at radius 3 is 0.925 bits per heavy atom. The van der Waals surface area contributed by atoms with E-state index in [0.29, 0.717) is 112 Å². The van der Waals surface area contributed by atoms with Crippen molar-refractivity contribution in [2.45, 2.75) is 337 Å². The molecule has 5 saturated carbocycles. The molecule has 648 valence electrons. The van der Waals surface area contributed by atoms with Crippen molar-refractivity contribution in [3.05, 3.63) is 89.1 Å². The van der Waals surface area contributed by atoms with Crippen LogP contribution in [0.1, 0.15) is 290 Å². The van der Waals surface area contributed by atoms with Crippen molar-refractivity contribution < 1.29 is 47.7 Å². The van der Waals surface area contributed by atoms with Gasteiger partial charge in [-0.15, -0.1) is 0 Å². The van der Waals surface area contributed by atoms with Gasteiger partial charge < -0.3 is 23.7 Å². The lowest BCUT2D eigenvalue weighted by molar-refractivity contribution is -0.123. The fourth-order valence-corrected chi connectivity index (χ4v) is 15.6. The summed E-state index contributed by atoms with van der Waals surface area (Å²) in [4.78, 5) is 108. The quantitative estimate of drug-likeness (QED) is 0.0314. The molecule has 30 nitrogen and oxygen atoms in total. The molecule has 11 heterocycles. The Labute approximate surface area is 704 Å². The van der Waals surface area contributed by atoms with Crippen LogP contribution in [0.4, 0.5) is 29.7 Å². The van der Waals surface area contributed by atoms with Crippen molar-refractivity contribution in [3.63, 3.8) is 0 Å². The summed E-state index contributed by atoms with van der Waals surface area (Å²) < 4.78 is 38.7. The third kappa shape index (κ3) is 23.7. The first-order valence-electron chi connectivity index (χ1n) is 43.6. The first-order valence-corrected chi connectivity index (χ1v) is 43.6. The van der Waals surface area contributed by atoms with Crippen LogP contribution in [0.2, 0.25) is 0 Å². The van der Waals surface area contributed by atoms with Gasteiger partial charge in [-0.3, -0.25) is 73.4 Å². The molecule has 5 amide bonds. The number of carbonyl (C=O) groups excluding carboxylic acids is 5. The Morgan fingerprint density at radius 2 is 0.683 bits per heavy atom. The van der Waals surface area contributed by atoms with Gasteiger partial charge in [0.25, 0.3) is 0 Å². The second-order valence-corrected chi connectivity index (χ2v) is 36.0. The number of carbonyl (C=O) groups is 5. The molecule has 0 aromatic carbocycles. The maximum Gasteiger partial charge on any atom is 0.229 e. The highest BCUT2D eigenvalue weighted by Crippen LogP contribution is 2.42. The Hall–Kier alpha value is -9.75. The molecular weight excluding hydrogens is 1520 g/mol. The second kappa shape index (κ2) is 39.4. The van der Waals surface area contributed by atoms with E-state index in [1.54, 1.807) is 0 Å². The standard InChI is InChI=1S/C19H26N4O2.2C19H28N4O2.C17H24N4O2.C16H22N4O2/c1-12-7-8-15-17(20-12)23(13-5-4-6-13)18(21-15)22-16(24)11-14-9-10-19(2,3)25-14;2*1-12-9-10-15-17(20-12)23(14-7-6-8-14)18(21-15)22-16(24)11-13(2)25-19(3,4)5;1-11(2)23-10-9-15(22)20-17-19-14-8-7-12(3)18-16(14)21(17)13-5-4-6-13;1-3-22-10-9-14(21)19-16-18-13-8-7-11(2)17-15(13)20(16)12-5-4-6-12/h7-8,13-14H,4-6,9-11H2,1-3H3,(H,21,22,24);2*9-10,13-14H,6-8,11H2,1-5H3,(H,21,22,24);7-8,11,13H,4-6,9-10H2,1-3H3,(H,19,20,22);7-8,12H,3-6,9-10H2,1-2H3,(H,18,19,21)/t;2*13-;;/m.10../s1. The van der Waals surface area contributed by atoms with Crippen LogP contribution >= 0.6 is 0 Å². The molecule has 120 heavy (non-hydrogen) atoms. The van der Waals surface area contributed by atoms with Crippen molar-refractivity contribution in [1.29, 1.82) is 0 Å². The number of nitrogens with zero attached hydrogens (tertiary/aromatic N) is 15. The van der Waals surface area contributed by atoms with Crippen LogP contribution in [-0.4, -0.2) is 163 Å². The van der Waals surface area contributed by atoms with Gasteiger partial charge in [-0.05, 0) is 294 Å². The van der Waals surface area contributed by atoms with Crippen LogP contribution in [0.5, 0.6) is 0 Å². The lowest BCUT2D eigenvalue weighted by Gasteiger charge is -2.29. The number of pyridine rings is 5. The van der Waals surface area contributed by atoms with Gasteiger partial charge in [-0.1, -0.05) is 0 Å². The number of imidazole rings is 5. The summed E-state index contributed by atoms with van der Waals surface area (Å²) in [5.74, 6) is 2.72. The van der Waals surface area contributed by atoms with Crippen LogP contribution in [0.3, 0.4) is 0 Å². The van der Waals surface area contributed by atoms with Crippen molar-refractivity contribution >= 4 is 115 Å². The SMILES string of the molecule is CCOCCC(=O)Nc1nc2ccc(C)nc2n1C1CCC1.Cc1ccc2nc(NC(=O)CC3CCC(C)(C)O3)n(C3CCC3)c2n1.Cc1ccc2nc(NC(=O)CCOC(C)C)n(C3CCC3)c2n1.Cc1ccc2nc(NC(=O)C[C@@H](C)OC(C)(C)C)n(C3CCC3)c2n1.Cc1ccc2nc(NC(=O)C[C@H](C)OC(C)(C)C)n(C3CCC3)c2n1. The predicted molar refractivity (Wildman–Crippen MR) is 468 cm³/mol. The zero-order valence-corrected chi connectivity index (χ0v) is 73.9. The molecule has 0 spiro atoms. The summed E-state index contributed by atoms with van der Waals surface area (Å²) in [5.41, 5.74) is 12.6. The van der Waals surface area contributed by atoms with Crippen LogP contribution in [-0.2, 0) is 47.7 Å². The van der Waals surface area contributed by atoms with Crippen molar-refractivity contribution in [2.75, 3.05) is 46.4 Å². The van der Waals surface area contributed by atoms with E-state index in [0.717, 1.165) is 161 Å². The number of ether oxygens (including phenoxy) is 5. The molecule has 10 aromatic rings. The number of nitrogens with one attached hydrogen (secondary N) is 5. The second-order valence-electron chi connectivity index (χ2n) is 36.0. The fraction of sp³-hybridized carbons (Fsp3) is 0.611. The van der Waals surface area contributed by atoms with Crippen molar-refractivity contribution in [2.24, 2.45) is 0 Å². The van der Waals surface area contributed by atoms with Gasteiger partial charge in [-0.2, -0.15) is 0 Å². The lowest BCUT2D eigenvalue weighted by atomic mass is 9.93. The molecule has 16 rings (SSSR count). The molecule has 5 aliphatic carbocycles. The van der Waals surface area contributed by atoms with E-state index in [-0.39, 0.29) is 70.8 Å². The fourth-order valence-electron chi connectivity index (χ4n) is 15.6. The van der Waals surface area contributed by atoms with E-state index in [2.05, 4.69) is 113 Å². The molecule has 3 atom stereocenters. The number of rotatable bonds is 26. The topological polar surface area (TPSA) is 345 Å². The average molecular weight is 1650 g/mol. The molecule has 6 aliphatic rings.